The van der Waals surface area contributed by atoms with E-state index in [9.17, 15) is 0 Å². The van der Waals surface area contributed by atoms with Crippen LogP contribution in [0.1, 0.15) is 72.2 Å². The minimum Gasteiger partial charge on any atom is -0.687 e. The number of para-hydroxylation sites is 2. The summed E-state index contributed by atoms with van der Waals surface area (Å²) in [6, 6.07) is 53.1. The third-order valence-electron chi connectivity index (χ3n) is 9.89. The van der Waals surface area contributed by atoms with Gasteiger partial charge in [0.15, 0.2) is 0 Å². The summed E-state index contributed by atoms with van der Waals surface area (Å²) in [6.45, 7) is 29.7. The van der Waals surface area contributed by atoms with Crippen LogP contribution in [-0.2, 0) is 39.3 Å². The second kappa shape index (κ2) is 30.4. The van der Waals surface area contributed by atoms with Gasteiger partial charge in [-0.3, -0.25) is 0 Å². The molecule has 0 saturated heterocycles. The Morgan fingerprint density at radius 1 is 0.393 bits per heavy atom. The smallest absolute Gasteiger partial charge is 0 e. The third kappa shape index (κ3) is 19.8. The van der Waals surface area contributed by atoms with Crippen molar-refractivity contribution < 1.29 is 26.2 Å². The molecule has 324 valence electrons. The third-order valence-corrected chi connectivity index (χ3v) is 9.89. The van der Waals surface area contributed by atoms with Crippen molar-refractivity contribution in [3.8, 4) is 0 Å². The number of aryl methyl sites for hydroxylation is 4. The first-order valence-electron chi connectivity index (χ1n) is 21.3. The van der Waals surface area contributed by atoms with E-state index in [0.29, 0.717) is 13.1 Å². The van der Waals surface area contributed by atoms with E-state index in [1.807, 2.05) is 72.8 Å². The summed E-state index contributed by atoms with van der Waals surface area (Å²) in [5.74, 6) is 0. The van der Waals surface area contributed by atoms with Crippen molar-refractivity contribution >= 4 is 11.4 Å². The van der Waals surface area contributed by atoms with E-state index in [-0.39, 0.29) is 38.8 Å². The number of hydrogen-bond donors (Lipinski definition) is 0. The first kappa shape index (κ1) is 52.5. The summed E-state index contributed by atoms with van der Waals surface area (Å²) < 4.78 is 0. The molecule has 0 fully saturated rings. The Morgan fingerprint density at radius 3 is 0.885 bits per heavy atom. The van der Waals surface area contributed by atoms with Crippen LogP contribution >= 0.6 is 0 Å². The summed E-state index contributed by atoms with van der Waals surface area (Å²) in [6.07, 6.45) is -0.269. The molecule has 2 unspecified atom stereocenters. The molecule has 0 N–H and O–H groups in total. The number of nitrogens with zero attached hydrogens (tertiary/aromatic N) is 6. The van der Waals surface area contributed by atoms with Crippen LogP contribution in [0, 0.1) is 41.5 Å². The van der Waals surface area contributed by atoms with Crippen LogP contribution in [0.15, 0.2) is 158 Å². The number of hydrogen-bond acceptors (Lipinski definition) is 2. The minimum absolute atomic E-state index is 0. The molecular weight excluding hydrogens is 824 g/mol. The van der Waals surface area contributed by atoms with E-state index in [0.717, 1.165) is 48.7 Å². The molecule has 0 heterocycles. The van der Waals surface area contributed by atoms with Crippen LogP contribution in [0.5, 0.6) is 0 Å². The van der Waals surface area contributed by atoms with E-state index in [1.54, 1.807) is 0 Å². The molecule has 7 heteroatoms. The molecule has 0 spiro atoms. The predicted molar refractivity (Wildman–Crippen MR) is 260 cm³/mol. The Bertz CT molecular complexity index is 1800. The quantitative estimate of drug-likeness (QED) is 0.0909. The van der Waals surface area contributed by atoms with Crippen LogP contribution < -0.4 is 0 Å². The first-order chi connectivity index (χ1) is 29.1. The van der Waals surface area contributed by atoms with Gasteiger partial charge in [-0.1, -0.05) is 170 Å². The normalized spacial score (nSPS) is 11.3. The fourth-order valence-corrected chi connectivity index (χ4v) is 6.32. The molecule has 6 aromatic carbocycles. The Hall–Kier alpha value is -4.62. The predicted octanol–water partition coefficient (Wildman–Crippen LogP) is 14.8. The topological polar surface area (TPSA) is 62.9 Å². The van der Waals surface area contributed by atoms with Crippen molar-refractivity contribution in [2.45, 2.75) is 81.1 Å². The summed E-state index contributed by atoms with van der Waals surface area (Å²) in [5.41, 5.74) is 11.6. The van der Waals surface area contributed by atoms with E-state index >= 15 is 0 Å². The molecule has 0 amide bonds. The standard InChI is InChI=1S/2C20H27N3.2C7H7.Zr/c2*1-5-23(6-2)20(21-15-18-13-8-7-9-14-18)22-19-16(3)11-10-12-17(19)4;2*1-7-5-3-2-4-6-7;/h2*7-14,20H,5-6,15H2,1-4H3;2*2-6H,1H2;/q2*-2;2*-1;. The molecular formula is C54H68N6Zr-6. The second-order valence-electron chi connectivity index (χ2n) is 14.5. The molecule has 0 aliphatic rings. The van der Waals surface area contributed by atoms with Crippen LogP contribution in [0.4, 0.5) is 11.4 Å². The van der Waals surface area contributed by atoms with E-state index in [1.165, 1.54) is 33.4 Å². The molecule has 0 saturated carbocycles. The number of rotatable bonds is 16. The molecule has 0 bridgehead atoms. The Labute approximate surface area is 389 Å². The van der Waals surface area contributed by atoms with Gasteiger partial charge >= 0.3 is 0 Å². The van der Waals surface area contributed by atoms with Gasteiger partial charge in [-0.25, -0.2) is 0 Å². The van der Waals surface area contributed by atoms with Crippen LogP contribution in [0.3, 0.4) is 0 Å². The van der Waals surface area contributed by atoms with Gasteiger partial charge in [0, 0.05) is 26.2 Å². The van der Waals surface area contributed by atoms with Gasteiger partial charge in [0.2, 0.25) is 0 Å². The second-order valence-corrected chi connectivity index (χ2v) is 14.5. The first-order valence-corrected chi connectivity index (χ1v) is 21.3. The molecule has 0 aromatic heterocycles. The molecule has 0 radical (unpaired) electrons. The molecule has 6 nitrogen and oxygen atoms in total. The molecule has 0 aliphatic heterocycles. The average molecular weight is 892 g/mol. The largest absolute Gasteiger partial charge is 0.687 e. The zero-order valence-corrected chi connectivity index (χ0v) is 40.5. The Kier molecular flexibility index (Phi) is 26.2. The molecule has 61 heavy (non-hydrogen) atoms. The summed E-state index contributed by atoms with van der Waals surface area (Å²) >= 11 is 0. The maximum atomic E-state index is 4.97. The molecule has 2 atom stereocenters. The maximum absolute atomic E-state index is 4.97. The number of benzene rings is 6. The van der Waals surface area contributed by atoms with E-state index in [2.05, 4.69) is 164 Å². The molecule has 6 rings (SSSR count). The minimum atomic E-state index is -0.134. The van der Waals surface area contributed by atoms with Crippen molar-refractivity contribution in [1.82, 2.24) is 9.80 Å². The summed E-state index contributed by atoms with van der Waals surface area (Å²) in [5, 5.41) is 19.7. The molecule has 0 aliphatic carbocycles. The monoisotopic (exact) mass is 890 g/mol. The van der Waals surface area contributed by atoms with Crippen molar-refractivity contribution in [2.24, 2.45) is 0 Å². The fourth-order valence-electron chi connectivity index (χ4n) is 6.32. The zero-order valence-electron chi connectivity index (χ0n) is 38.0. The van der Waals surface area contributed by atoms with Crippen LogP contribution in [0.25, 0.3) is 21.3 Å². The fraction of sp³-hybridized carbons (Fsp3) is 0.296. The van der Waals surface area contributed by atoms with Gasteiger partial charge in [0.25, 0.3) is 0 Å². The summed E-state index contributed by atoms with van der Waals surface area (Å²) in [7, 11) is 0. The zero-order chi connectivity index (χ0) is 43.5. The van der Waals surface area contributed by atoms with Gasteiger partial charge in [0.05, 0.1) is 0 Å². The molecule has 6 aromatic rings. The van der Waals surface area contributed by atoms with Crippen molar-refractivity contribution in [3.05, 3.63) is 237 Å². The van der Waals surface area contributed by atoms with Crippen molar-refractivity contribution in [2.75, 3.05) is 26.2 Å². The Balaban J connectivity index is 0.000000315. The maximum Gasteiger partial charge on any atom is 0 e. The van der Waals surface area contributed by atoms with Gasteiger partial charge in [0.1, 0.15) is 0 Å². The van der Waals surface area contributed by atoms with Gasteiger partial charge in [-0.15, -0.1) is 48.7 Å². The SMILES string of the molecule is CCN(CC)C([N-]Cc1ccccc1)[N-]c1c(C)cccc1C.CCN(CC)C([N-]Cc1ccccc1)[N-]c1c(C)cccc1C.[CH2-]c1ccccc1.[CH2-]c1ccccc1.[Zr]. The average Bonchev–Trinajstić information content (AvgIpc) is 3.27. The summed E-state index contributed by atoms with van der Waals surface area (Å²) in [4.78, 5) is 4.57. The van der Waals surface area contributed by atoms with Gasteiger partial charge in [-0.05, 0) is 53.9 Å². The Morgan fingerprint density at radius 2 is 0.656 bits per heavy atom. The van der Waals surface area contributed by atoms with Gasteiger partial charge in [-0.2, -0.15) is 61.8 Å². The van der Waals surface area contributed by atoms with Crippen LogP contribution in [-0.4, -0.2) is 48.6 Å². The van der Waals surface area contributed by atoms with Crippen LogP contribution in [0.2, 0.25) is 0 Å². The van der Waals surface area contributed by atoms with Gasteiger partial charge < -0.3 is 31.1 Å². The van der Waals surface area contributed by atoms with Crippen molar-refractivity contribution in [1.29, 1.82) is 0 Å². The van der Waals surface area contributed by atoms with E-state index in [4.69, 9.17) is 21.3 Å². The van der Waals surface area contributed by atoms with Crippen molar-refractivity contribution in [3.63, 3.8) is 0 Å². The van der Waals surface area contributed by atoms with E-state index < -0.39 is 0 Å².